The number of nitrogens with one attached hydrogen (secondary N) is 1. The number of piperidine rings is 1. The van der Waals surface area contributed by atoms with Gasteiger partial charge in [0.15, 0.2) is 5.82 Å². The summed E-state index contributed by atoms with van der Waals surface area (Å²) < 4.78 is 5.65. The molecule has 2 saturated heterocycles. The van der Waals surface area contributed by atoms with Gasteiger partial charge in [-0.1, -0.05) is 0 Å². The third-order valence-electron chi connectivity index (χ3n) is 6.53. The standard InChI is InChI=1S/C22H34N6O3/c1-23-21-16-14-26(2)11-8-17(16)24-22(25-21)18-6-3-4-10-28(18)20(30)15-31-13-12-27-9-5-7-19(27)29/h18H,3-15H2,1-2H3,(H,23,24,25)/t18-/m1/s1. The lowest BCUT2D eigenvalue weighted by Crippen LogP contribution is -2.42. The number of ether oxygens (including phenoxy) is 1. The molecule has 1 N–H and O–H groups in total. The minimum atomic E-state index is -0.109. The molecule has 4 rings (SSSR count). The molecule has 1 aromatic heterocycles. The van der Waals surface area contributed by atoms with E-state index in [2.05, 4.69) is 17.3 Å². The zero-order valence-electron chi connectivity index (χ0n) is 18.7. The maximum Gasteiger partial charge on any atom is 0.249 e. The molecule has 9 nitrogen and oxygen atoms in total. The number of hydrogen-bond donors (Lipinski definition) is 1. The lowest BCUT2D eigenvalue weighted by atomic mass is 10.00. The highest BCUT2D eigenvalue weighted by Crippen LogP contribution is 2.32. The van der Waals surface area contributed by atoms with Crippen LogP contribution in [-0.2, 0) is 27.3 Å². The third kappa shape index (κ3) is 4.98. The van der Waals surface area contributed by atoms with Crippen molar-refractivity contribution in [3.8, 4) is 0 Å². The zero-order chi connectivity index (χ0) is 21.8. The number of likely N-dealkylation sites (tertiary alicyclic amines) is 2. The molecule has 1 atom stereocenters. The molecule has 0 radical (unpaired) electrons. The summed E-state index contributed by atoms with van der Waals surface area (Å²) in [6, 6.07) is -0.109. The molecule has 2 amide bonds. The second kappa shape index (κ2) is 9.91. The smallest absolute Gasteiger partial charge is 0.249 e. The van der Waals surface area contributed by atoms with Gasteiger partial charge in [-0.05, 0) is 32.7 Å². The summed E-state index contributed by atoms with van der Waals surface area (Å²) in [7, 11) is 4.00. The van der Waals surface area contributed by atoms with Crippen LogP contribution in [0, 0.1) is 0 Å². The van der Waals surface area contributed by atoms with E-state index in [1.165, 1.54) is 0 Å². The normalized spacial score (nSPS) is 22.0. The molecule has 0 spiro atoms. The maximum absolute atomic E-state index is 13.0. The van der Waals surface area contributed by atoms with E-state index in [4.69, 9.17) is 14.7 Å². The molecule has 3 aliphatic rings. The Labute approximate surface area is 184 Å². The number of rotatable bonds is 7. The van der Waals surface area contributed by atoms with Gasteiger partial charge in [0.1, 0.15) is 12.4 Å². The van der Waals surface area contributed by atoms with Gasteiger partial charge in [-0.3, -0.25) is 9.59 Å². The number of fused-ring (bicyclic) bond motifs is 1. The Morgan fingerprint density at radius 2 is 2.03 bits per heavy atom. The SMILES string of the molecule is CNc1nc([C@H]2CCCCN2C(=O)COCCN2CCCC2=O)nc2c1CN(C)CC2. The Hall–Kier alpha value is -2.26. The Kier molecular flexibility index (Phi) is 7.02. The lowest BCUT2D eigenvalue weighted by Gasteiger charge is -2.36. The predicted octanol–water partition coefficient (Wildman–Crippen LogP) is 1.20. The molecular weight excluding hydrogens is 396 g/mol. The number of nitrogens with zero attached hydrogens (tertiary/aromatic N) is 5. The van der Waals surface area contributed by atoms with Crippen molar-refractivity contribution in [3.63, 3.8) is 0 Å². The number of amides is 2. The van der Waals surface area contributed by atoms with Gasteiger partial charge in [0.05, 0.1) is 18.3 Å². The van der Waals surface area contributed by atoms with E-state index < -0.39 is 0 Å². The highest BCUT2D eigenvalue weighted by Gasteiger charge is 2.32. The van der Waals surface area contributed by atoms with Crippen molar-refractivity contribution in [1.82, 2.24) is 24.7 Å². The number of aromatic nitrogens is 2. The summed E-state index contributed by atoms with van der Waals surface area (Å²) in [6.45, 7) is 4.30. The second-order valence-corrected chi connectivity index (χ2v) is 8.73. The van der Waals surface area contributed by atoms with E-state index in [9.17, 15) is 9.59 Å². The van der Waals surface area contributed by atoms with Crippen LogP contribution in [0.3, 0.4) is 0 Å². The first-order valence-corrected chi connectivity index (χ1v) is 11.5. The Balaban J connectivity index is 1.41. The van der Waals surface area contributed by atoms with Crippen molar-refractivity contribution in [1.29, 1.82) is 0 Å². The van der Waals surface area contributed by atoms with Crippen LogP contribution in [0.5, 0.6) is 0 Å². The van der Waals surface area contributed by atoms with Crippen LogP contribution >= 0.6 is 0 Å². The number of carbonyl (C=O) groups excluding carboxylic acids is 2. The summed E-state index contributed by atoms with van der Waals surface area (Å²) in [5.74, 6) is 1.77. The summed E-state index contributed by atoms with van der Waals surface area (Å²) >= 11 is 0. The molecule has 0 aliphatic carbocycles. The van der Waals surface area contributed by atoms with Crippen molar-refractivity contribution in [2.24, 2.45) is 0 Å². The average Bonchev–Trinajstić information content (AvgIpc) is 3.20. The molecule has 9 heteroatoms. The van der Waals surface area contributed by atoms with Crippen LogP contribution in [0.4, 0.5) is 5.82 Å². The van der Waals surface area contributed by atoms with Crippen molar-refractivity contribution in [2.75, 3.05) is 58.8 Å². The molecule has 4 heterocycles. The fraction of sp³-hybridized carbons (Fsp3) is 0.727. The van der Waals surface area contributed by atoms with Crippen LogP contribution in [0.15, 0.2) is 0 Å². The molecule has 0 unspecified atom stereocenters. The summed E-state index contributed by atoms with van der Waals surface area (Å²) in [4.78, 5) is 40.4. The number of likely N-dealkylation sites (N-methyl/N-ethyl adjacent to an activating group) is 1. The number of hydrogen-bond acceptors (Lipinski definition) is 7. The van der Waals surface area contributed by atoms with E-state index >= 15 is 0 Å². The molecule has 170 valence electrons. The first-order chi connectivity index (χ1) is 15.1. The molecule has 2 fully saturated rings. The number of carbonyl (C=O) groups is 2. The van der Waals surface area contributed by atoms with Crippen LogP contribution in [0.2, 0.25) is 0 Å². The molecule has 0 aromatic carbocycles. The molecule has 3 aliphatic heterocycles. The largest absolute Gasteiger partial charge is 0.373 e. The van der Waals surface area contributed by atoms with Gasteiger partial charge in [-0.15, -0.1) is 0 Å². The second-order valence-electron chi connectivity index (χ2n) is 8.73. The first kappa shape index (κ1) is 22.0. The van der Waals surface area contributed by atoms with Crippen molar-refractivity contribution < 1.29 is 14.3 Å². The predicted molar refractivity (Wildman–Crippen MR) is 117 cm³/mol. The van der Waals surface area contributed by atoms with Gasteiger partial charge < -0.3 is 24.8 Å². The van der Waals surface area contributed by atoms with E-state index in [-0.39, 0.29) is 24.5 Å². The topological polar surface area (TPSA) is 90.9 Å². The van der Waals surface area contributed by atoms with Gasteiger partial charge >= 0.3 is 0 Å². The van der Waals surface area contributed by atoms with E-state index in [1.54, 1.807) is 0 Å². The molecule has 0 saturated carbocycles. The van der Waals surface area contributed by atoms with Gasteiger partial charge in [-0.25, -0.2) is 9.97 Å². The monoisotopic (exact) mass is 430 g/mol. The minimum Gasteiger partial charge on any atom is -0.373 e. The van der Waals surface area contributed by atoms with Gasteiger partial charge in [0.25, 0.3) is 0 Å². The fourth-order valence-electron chi connectivity index (χ4n) is 4.78. The van der Waals surface area contributed by atoms with Gasteiger partial charge in [0, 0.05) is 58.2 Å². The van der Waals surface area contributed by atoms with E-state index in [0.29, 0.717) is 26.1 Å². The number of anilines is 1. The Morgan fingerprint density at radius 3 is 2.81 bits per heavy atom. The maximum atomic E-state index is 13.0. The van der Waals surface area contributed by atoms with Crippen molar-refractivity contribution in [2.45, 2.75) is 51.1 Å². The lowest BCUT2D eigenvalue weighted by molar-refractivity contribution is -0.140. The summed E-state index contributed by atoms with van der Waals surface area (Å²) in [6.07, 6.45) is 5.35. The minimum absolute atomic E-state index is 0.0236. The quantitative estimate of drug-likeness (QED) is 0.650. The van der Waals surface area contributed by atoms with Crippen molar-refractivity contribution in [3.05, 3.63) is 17.1 Å². The van der Waals surface area contributed by atoms with E-state index in [0.717, 1.165) is 74.6 Å². The van der Waals surface area contributed by atoms with Crippen molar-refractivity contribution >= 4 is 17.6 Å². The Morgan fingerprint density at radius 1 is 1.16 bits per heavy atom. The van der Waals surface area contributed by atoms with Gasteiger partial charge in [0.2, 0.25) is 11.8 Å². The summed E-state index contributed by atoms with van der Waals surface area (Å²) in [5, 5.41) is 3.23. The van der Waals surface area contributed by atoms with E-state index in [1.807, 2.05) is 16.8 Å². The highest BCUT2D eigenvalue weighted by molar-refractivity contribution is 5.78. The molecule has 0 bridgehead atoms. The van der Waals surface area contributed by atoms with Gasteiger partial charge in [-0.2, -0.15) is 0 Å². The van der Waals surface area contributed by atoms with Crippen LogP contribution in [0.25, 0.3) is 0 Å². The average molecular weight is 431 g/mol. The van der Waals surface area contributed by atoms with Crippen LogP contribution < -0.4 is 5.32 Å². The highest BCUT2D eigenvalue weighted by atomic mass is 16.5. The van der Waals surface area contributed by atoms with Crippen LogP contribution in [0.1, 0.15) is 55.2 Å². The molecule has 31 heavy (non-hydrogen) atoms. The first-order valence-electron chi connectivity index (χ1n) is 11.5. The summed E-state index contributed by atoms with van der Waals surface area (Å²) in [5.41, 5.74) is 2.26. The third-order valence-corrected chi connectivity index (χ3v) is 6.53. The Bertz CT molecular complexity index is 799. The fourth-order valence-corrected chi connectivity index (χ4v) is 4.78. The van der Waals surface area contributed by atoms with Crippen LogP contribution in [-0.4, -0.2) is 90.0 Å². The molecule has 1 aromatic rings. The zero-order valence-corrected chi connectivity index (χ0v) is 18.7. The molecular formula is C22H34N6O3.